The minimum atomic E-state index is -0.945. The number of hydrogen-bond acceptors (Lipinski definition) is 4. The van der Waals surface area contributed by atoms with Crippen LogP contribution in [0, 0.1) is 0 Å². The van der Waals surface area contributed by atoms with Gasteiger partial charge in [0, 0.05) is 4.73 Å². The predicted octanol–water partition coefficient (Wildman–Crippen LogP) is -0.976. The number of aromatic nitrogens is 1. The largest absolute Gasteiger partial charge is 0.499 e. The second-order valence-electron chi connectivity index (χ2n) is 2.29. The average molecular weight is 185 g/mol. The standard InChI is InChI=1S/C7H8N2O4/c1-13-4-2-3-9(12)5(6(4)10)7(8)11/h2-3H,1H3,(H3-,8,10,11,12)/p+1. The van der Waals surface area contributed by atoms with E-state index in [9.17, 15) is 9.90 Å². The van der Waals surface area contributed by atoms with E-state index in [1.54, 1.807) is 0 Å². The van der Waals surface area contributed by atoms with Crippen molar-refractivity contribution in [2.45, 2.75) is 0 Å². The zero-order valence-electron chi connectivity index (χ0n) is 6.89. The minimum absolute atomic E-state index is 0.0686. The van der Waals surface area contributed by atoms with Crippen LogP contribution in [0.25, 0.3) is 0 Å². The van der Waals surface area contributed by atoms with Gasteiger partial charge in [0.1, 0.15) is 0 Å². The van der Waals surface area contributed by atoms with Crippen molar-refractivity contribution in [3.63, 3.8) is 0 Å². The quantitative estimate of drug-likeness (QED) is 0.407. The Balaban J connectivity index is 3.38. The lowest BCUT2D eigenvalue weighted by molar-refractivity contribution is -0.906. The van der Waals surface area contributed by atoms with Crippen molar-refractivity contribution >= 4 is 5.91 Å². The molecule has 0 radical (unpaired) electrons. The summed E-state index contributed by atoms with van der Waals surface area (Å²) in [6.07, 6.45) is 1.14. The van der Waals surface area contributed by atoms with Gasteiger partial charge in [-0.15, -0.1) is 0 Å². The number of methoxy groups -OCH3 is 1. The summed E-state index contributed by atoms with van der Waals surface area (Å²) in [7, 11) is 1.32. The van der Waals surface area contributed by atoms with E-state index in [1.165, 1.54) is 13.2 Å². The molecule has 0 saturated carbocycles. The number of nitrogens with zero attached hydrogens (tertiary/aromatic N) is 1. The number of hydrogen-bond donors (Lipinski definition) is 3. The van der Waals surface area contributed by atoms with Gasteiger partial charge in [-0.25, -0.2) is 0 Å². The van der Waals surface area contributed by atoms with E-state index < -0.39 is 17.4 Å². The summed E-state index contributed by atoms with van der Waals surface area (Å²) < 4.78 is 5.14. The summed E-state index contributed by atoms with van der Waals surface area (Å²) in [5, 5.41) is 18.4. The van der Waals surface area contributed by atoms with Crippen molar-refractivity contribution in [2.75, 3.05) is 7.11 Å². The van der Waals surface area contributed by atoms with Crippen molar-refractivity contribution in [2.24, 2.45) is 5.73 Å². The molecule has 0 aromatic carbocycles. The van der Waals surface area contributed by atoms with Gasteiger partial charge >= 0.3 is 11.6 Å². The fraction of sp³-hybridized carbons (Fsp3) is 0.143. The zero-order valence-corrected chi connectivity index (χ0v) is 6.89. The number of aromatic hydroxyl groups is 1. The molecule has 0 aliphatic carbocycles. The molecule has 1 aromatic heterocycles. The Kier molecular flexibility index (Phi) is 2.23. The summed E-state index contributed by atoms with van der Waals surface area (Å²) >= 11 is 0. The van der Waals surface area contributed by atoms with Crippen molar-refractivity contribution in [3.8, 4) is 11.5 Å². The highest BCUT2D eigenvalue weighted by Gasteiger charge is 2.26. The molecule has 4 N–H and O–H groups in total. The molecule has 1 heterocycles. The van der Waals surface area contributed by atoms with Crippen LogP contribution >= 0.6 is 0 Å². The fourth-order valence-electron chi connectivity index (χ4n) is 0.911. The summed E-state index contributed by atoms with van der Waals surface area (Å²) in [6.45, 7) is 0. The van der Waals surface area contributed by atoms with E-state index in [4.69, 9.17) is 15.7 Å². The number of nitrogens with two attached hydrogens (primary N) is 1. The van der Waals surface area contributed by atoms with Gasteiger partial charge in [-0.2, -0.15) is 0 Å². The molecule has 0 bridgehead atoms. The summed E-state index contributed by atoms with van der Waals surface area (Å²) in [5.41, 5.74) is 4.49. The van der Waals surface area contributed by atoms with Crippen LogP contribution in [0.5, 0.6) is 11.5 Å². The lowest BCUT2D eigenvalue weighted by Crippen LogP contribution is -2.39. The topological polar surface area (TPSA) is 96.7 Å². The van der Waals surface area contributed by atoms with Gasteiger partial charge in [0.05, 0.1) is 13.2 Å². The Hall–Kier alpha value is -1.98. The SMILES string of the molecule is COc1cc[n+](O)c(C(N)=O)c1O. The molecule has 6 nitrogen and oxygen atoms in total. The van der Waals surface area contributed by atoms with E-state index in [2.05, 4.69) is 0 Å². The predicted molar refractivity (Wildman–Crippen MR) is 40.6 cm³/mol. The van der Waals surface area contributed by atoms with Crippen molar-refractivity contribution < 1.29 is 24.6 Å². The molecule has 13 heavy (non-hydrogen) atoms. The average Bonchev–Trinajstić information content (AvgIpc) is 2.04. The first kappa shape index (κ1) is 9.11. The van der Waals surface area contributed by atoms with E-state index in [0.29, 0.717) is 4.73 Å². The molecule has 1 aromatic rings. The molecule has 1 amide bonds. The lowest BCUT2D eigenvalue weighted by atomic mass is 10.3. The third kappa shape index (κ3) is 1.46. The number of ether oxygens (including phenoxy) is 1. The van der Waals surface area contributed by atoms with Gasteiger partial charge in [0.25, 0.3) is 0 Å². The van der Waals surface area contributed by atoms with Crippen LogP contribution in [0.15, 0.2) is 12.3 Å². The Morgan fingerprint density at radius 2 is 2.31 bits per heavy atom. The second-order valence-corrected chi connectivity index (χ2v) is 2.29. The molecule has 6 heteroatoms. The van der Waals surface area contributed by atoms with E-state index >= 15 is 0 Å². The Bertz CT molecular complexity index is 351. The second kappa shape index (κ2) is 3.18. The van der Waals surface area contributed by atoms with Crippen molar-refractivity contribution in [3.05, 3.63) is 18.0 Å². The van der Waals surface area contributed by atoms with Crippen molar-refractivity contribution in [1.29, 1.82) is 0 Å². The van der Waals surface area contributed by atoms with Crippen LogP contribution in [0.3, 0.4) is 0 Å². The summed E-state index contributed by atoms with van der Waals surface area (Å²) in [6, 6.07) is 1.29. The van der Waals surface area contributed by atoms with Crippen LogP contribution in [-0.2, 0) is 0 Å². The number of primary amides is 1. The molecule has 0 aliphatic rings. The van der Waals surface area contributed by atoms with Gasteiger partial charge < -0.3 is 15.6 Å². The molecule has 0 unspecified atom stereocenters. The normalized spacial score (nSPS) is 9.62. The van der Waals surface area contributed by atoms with Gasteiger partial charge in [-0.05, 0) is 0 Å². The maximum atomic E-state index is 10.7. The van der Waals surface area contributed by atoms with E-state index in [1.807, 2.05) is 0 Å². The third-order valence-electron chi connectivity index (χ3n) is 1.51. The summed E-state index contributed by atoms with van der Waals surface area (Å²) in [5.74, 6) is -1.36. The number of pyridine rings is 1. The minimum Gasteiger partial charge on any atom is -0.499 e. The Morgan fingerprint density at radius 1 is 1.69 bits per heavy atom. The zero-order chi connectivity index (χ0) is 10.0. The first-order valence-corrected chi connectivity index (χ1v) is 3.38. The van der Waals surface area contributed by atoms with Gasteiger partial charge in [0.2, 0.25) is 11.9 Å². The van der Waals surface area contributed by atoms with Crippen molar-refractivity contribution in [1.82, 2.24) is 0 Å². The Labute approximate surface area is 73.7 Å². The number of amides is 1. The maximum absolute atomic E-state index is 10.7. The molecule has 0 fully saturated rings. The third-order valence-corrected chi connectivity index (χ3v) is 1.51. The van der Waals surface area contributed by atoms with Crippen LogP contribution in [0.4, 0.5) is 0 Å². The number of carbonyl (C=O) groups is 1. The molecule has 0 spiro atoms. The number of rotatable bonds is 2. The molecular formula is C7H9N2O4+. The van der Waals surface area contributed by atoms with Gasteiger partial charge in [-0.3, -0.25) is 10.0 Å². The van der Waals surface area contributed by atoms with Crippen LogP contribution in [0.2, 0.25) is 0 Å². The fourth-order valence-corrected chi connectivity index (χ4v) is 0.911. The monoisotopic (exact) mass is 185 g/mol. The maximum Gasteiger partial charge on any atom is 0.366 e. The van der Waals surface area contributed by atoms with E-state index in [0.717, 1.165) is 6.20 Å². The van der Waals surface area contributed by atoms with E-state index in [-0.39, 0.29) is 5.75 Å². The lowest BCUT2D eigenvalue weighted by Gasteiger charge is -2.01. The molecule has 70 valence electrons. The molecule has 0 aliphatic heterocycles. The molecule has 1 rings (SSSR count). The first-order chi connectivity index (χ1) is 6.07. The molecule has 0 atom stereocenters. The highest BCUT2D eigenvalue weighted by atomic mass is 16.5. The molecule has 0 saturated heterocycles. The smallest absolute Gasteiger partial charge is 0.366 e. The summed E-state index contributed by atoms with van der Waals surface area (Å²) in [4.78, 5) is 10.7. The van der Waals surface area contributed by atoms with Gasteiger partial charge in [0.15, 0.2) is 5.75 Å². The Morgan fingerprint density at radius 3 is 2.77 bits per heavy atom. The number of carbonyl (C=O) groups excluding carboxylic acids is 1. The van der Waals surface area contributed by atoms with Crippen LogP contribution in [-0.4, -0.2) is 23.3 Å². The molecular weight excluding hydrogens is 176 g/mol. The first-order valence-electron chi connectivity index (χ1n) is 3.38. The van der Waals surface area contributed by atoms with Crippen LogP contribution < -0.4 is 15.2 Å². The highest BCUT2D eigenvalue weighted by molar-refractivity contribution is 5.92. The highest BCUT2D eigenvalue weighted by Crippen LogP contribution is 2.25. The van der Waals surface area contributed by atoms with Crippen LogP contribution in [0.1, 0.15) is 10.5 Å². The van der Waals surface area contributed by atoms with Gasteiger partial charge in [-0.1, -0.05) is 0 Å².